The lowest BCUT2D eigenvalue weighted by Gasteiger charge is -2.31. The number of anilines is 1. The Bertz CT molecular complexity index is 1240. The molecule has 2 aromatic carbocycles. The number of hydrogen-bond acceptors (Lipinski definition) is 5. The minimum absolute atomic E-state index is 0.00603. The standard InChI is InChI=1S/C32H43F3N4O3/c1-5-38(30(41)42-31(2,3)4)17-18-39(22-25-9-6-7-11-27(25)32(33,34)35)29(40)19-36-28-12-8-10-24-21-37(16-15-26(24)28)20-23-13-14-23/h6-12,23,36H,5,13-22H2,1-4H3. The van der Waals surface area contributed by atoms with Gasteiger partial charge in [0.05, 0.1) is 12.1 Å². The van der Waals surface area contributed by atoms with E-state index >= 15 is 0 Å². The van der Waals surface area contributed by atoms with Gasteiger partial charge in [-0.2, -0.15) is 13.2 Å². The third-order valence-electron chi connectivity index (χ3n) is 7.70. The van der Waals surface area contributed by atoms with Gasteiger partial charge in [0.15, 0.2) is 0 Å². The zero-order valence-corrected chi connectivity index (χ0v) is 25.1. The smallest absolute Gasteiger partial charge is 0.416 e. The van der Waals surface area contributed by atoms with Crippen LogP contribution in [0.4, 0.5) is 23.7 Å². The molecular weight excluding hydrogens is 545 g/mol. The molecule has 0 aromatic heterocycles. The number of alkyl halides is 3. The molecule has 2 aromatic rings. The van der Waals surface area contributed by atoms with Gasteiger partial charge in [-0.15, -0.1) is 0 Å². The molecule has 2 aliphatic rings. The lowest BCUT2D eigenvalue weighted by Crippen LogP contribution is -2.44. The van der Waals surface area contributed by atoms with Gasteiger partial charge in [0.25, 0.3) is 0 Å². The number of nitrogens with zero attached hydrogens (tertiary/aromatic N) is 3. The second kappa shape index (κ2) is 13.4. The van der Waals surface area contributed by atoms with Crippen LogP contribution in [0.25, 0.3) is 0 Å². The zero-order valence-electron chi connectivity index (χ0n) is 25.1. The predicted molar refractivity (Wildman–Crippen MR) is 157 cm³/mol. The summed E-state index contributed by atoms with van der Waals surface area (Å²) in [5.74, 6) is 0.467. The Hall–Kier alpha value is -3.27. The van der Waals surface area contributed by atoms with Crippen molar-refractivity contribution in [1.82, 2.24) is 14.7 Å². The fraction of sp³-hybridized carbons (Fsp3) is 0.562. The number of rotatable bonds is 11. The molecular formula is C32H43F3N4O3. The summed E-state index contributed by atoms with van der Waals surface area (Å²) in [6, 6.07) is 11.3. The van der Waals surface area contributed by atoms with E-state index in [1.54, 1.807) is 27.7 Å². The Labute approximate surface area is 247 Å². The highest BCUT2D eigenvalue weighted by atomic mass is 19.4. The molecule has 0 unspecified atom stereocenters. The fourth-order valence-corrected chi connectivity index (χ4v) is 5.32. The average molecular weight is 589 g/mol. The molecule has 4 rings (SSSR count). The number of hydrogen-bond donors (Lipinski definition) is 1. The Morgan fingerprint density at radius 1 is 1.02 bits per heavy atom. The second-order valence-electron chi connectivity index (χ2n) is 12.3. The SMILES string of the molecule is CCN(CCN(Cc1ccccc1C(F)(F)F)C(=O)CNc1cccc2c1CCN(CC1CC1)C2)C(=O)OC(C)(C)C. The molecule has 1 saturated carbocycles. The maximum Gasteiger partial charge on any atom is 0.416 e. The van der Waals surface area contributed by atoms with Crippen LogP contribution in [0.5, 0.6) is 0 Å². The molecule has 42 heavy (non-hydrogen) atoms. The molecule has 0 bridgehead atoms. The number of carbonyl (C=O) groups excluding carboxylic acids is 2. The summed E-state index contributed by atoms with van der Waals surface area (Å²) in [4.78, 5) is 31.6. The molecule has 0 atom stereocenters. The van der Waals surface area contributed by atoms with Crippen LogP contribution in [0.2, 0.25) is 0 Å². The number of nitrogens with one attached hydrogen (secondary N) is 1. The van der Waals surface area contributed by atoms with Gasteiger partial charge < -0.3 is 19.9 Å². The minimum atomic E-state index is -4.55. The highest BCUT2D eigenvalue weighted by Crippen LogP contribution is 2.34. The van der Waals surface area contributed by atoms with E-state index in [1.165, 1.54) is 52.0 Å². The third-order valence-corrected chi connectivity index (χ3v) is 7.70. The number of amides is 2. The van der Waals surface area contributed by atoms with Crippen molar-refractivity contribution < 1.29 is 27.5 Å². The van der Waals surface area contributed by atoms with Crippen molar-refractivity contribution in [2.24, 2.45) is 5.92 Å². The Balaban J connectivity index is 1.48. The van der Waals surface area contributed by atoms with Gasteiger partial charge in [0, 0.05) is 51.5 Å². The molecule has 2 amide bonds. The first-order valence-corrected chi connectivity index (χ1v) is 14.8. The quantitative estimate of drug-likeness (QED) is 0.340. The summed E-state index contributed by atoms with van der Waals surface area (Å²) in [6.07, 6.45) is -1.58. The summed E-state index contributed by atoms with van der Waals surface area (Å²) >= 11 is 0. The monoisotopic (exact) mass is 588 g/mol. The largest absolute Gasteiger partial charge is 0.444 e. The van der Waals surface area contributed by atoms with E-state index in [2.05, 4.69) is 16.3 Å². The summed E-state index contributed by atoms with van der Waals surface area (Å²) in [6.45, 7) is 10.3. The van der Waals surface area contributed by atoms with Crippen LogP contribution in [0.3, 0.4) is 0 Å². The number of benzene rings is 2. The third kappa shape index (κ3) is 8.86. The van der Waals surface area contributed by atoms with Crippen LogP contribution in [-0.4, -0.2) is 71.6 Å². The maximum atomic E-state index is 13.8. The lowest BCUT2D eigenvalue weighted by molar-refractivity contribution is -0.139. The van der Waals surface area contributed by atoms with Gasteiger partial charge in [-0.25, -0.2) is 4.79 Å². The van der Waals surface area contributed by atoms with Gasteiger partial charge in [0.2, 0.25) is 5.91 Å². The molecule has 1 heterocycles. The molecule has 0 spiro atoms. The minimum Gasteiger partial charge on any atom is -0.444 e. The summed E-state index contributed by atoms with van der Waals surface area (Å²) in [7, 11) is 0. The van der Waals surface area contributed by atoms with Crippen molar-refractivity contribution in [3.63, 3.8) is 0 Å². The van der Waals surface area contributed by atoms with Crippen LogP contribution in [0, 0.1) is 5.92 Å². The normalized spacial score (nSPS) is 15.6. The molecule has 1 fully saturated rings. The van der Waals surface area contributed by atoms with E-state index in [1.807, 2.05) is 12.1 Å². The van der Waals surface area contributed by atoms with Gasteiger partial charge >= 0.3 is 12.3 Å². The van der Waals surface area contributed by atoms with Crippen molar-refractivity contribution in [3.05, 3.63) is 64.7 Å². The number of halogens is 3. The lowest BCUT2D eigenvalue weighted by atomic mass is 9.97. The zero-order chi connectivity index (χ0) is 30.5. The molecule has 230 valence electrons. The van der Waals surface area contributed by atoms with Gasteiger partial charge in [-0.05, 0) is 81.7 Å². The summed E-state index contributed by atoms with van der Waals surface area (Å²) < 4.78 is 46.8. The molecule has 1 aliphatic carbocycles. The maximum absolute atomic E-state index is 13.8. The number of ether oxygens (including phenoxy) is 1. The van der Waals surface area contributed by atoms with E-state index in [9.17, 15) is 22.8 Å². The number of carbonyl (C=O) groups is 2. The number of fused-ring (bicyclic) bond motifs is 1. The van der Waals surface area contributed by atoms with Crippen molar-refractivity contribution >= 4 is 17.7 Å². The molecule has 0 radical (unpaired) electrons. The van der Waals surface area contributed by atoms with Crippen molar-refractivity contribution in [2.45, 2.75) is 71.8 Å². The van der Waals surface area contributed by atoms with Crippen LogP contribution >= 0.6 is 0 Å². The van der Waals surface area contributed by atoms with Crippen molar-refractivity contribution in [1.29, 1.82) is 0 Å². The van der Waals surface area contributed by atoms with Crippen LogP contribution in [0.1, 0.15) is 62.8 Å². The van der Waals surface area contributed by atoms with Crippen LogP contribution in [-0.2, 0) is 35.2 Å². The van der Waals surface area contributed by atoms with Gasteiger partial charge in [-0.3, -0.25) is 9.69 Å². The van der Waals surface area contributed by atoms with E-state index < -0.39 is 23.4 Å². The van der Waals surface area contributed by atoms with E-state index in [4.69, 9.17) is 4.74 Å². The van der Waals surface area contributed by atoms with Crippen LogP contribution in [0.15, 0.2) is 42.5 Å². The Morgan fingerprint density at radius 3 is 2.40 bits per heavy atom. The molecule has 1 aliphatic heterocycles. The highest BCUT2D eigenvalue weighted by molar-refractivity contribution is 5.81. The van der Waals surface area contributed by atoms with Gasteiger partial charge in [-0.1, -0.05) is 30.3 Å². The summed E-state index contributed by atoms with van der Waals surface area (Å²) in [5, 5.41) is 3.27. The Kier molecular flexibility index (Phi) is 10.1. The molecule has 10 heteroatoms. The first-order chi connectivity index (χ1) is 19.8. The Morgan fingerprint density at radius 2 is 1.74 bits per heavy atom. The van der Waals surface area contributed by atoms with Crippen molar-refractivity contribution in [2.75, 3.05) is 44.6 Å². The molecule has 1 N–H and O–H groups in total. The summed E-state index contributed by atoms with van der Waals surface area (Å²) in [5.41, 5.74) is 1.85. The average Bonchev–Trinajstić information content (AvgIpc) is 3.74. The van der Waals surface area contributed by atoms with E-state index in [-0.39, 0.29) is 37.6 Å². The fourth-order valence-electron chi connectivity index (χ4n) is 5.32. The molecule has 7 nitrogen and oxygen atoms in total. The topological polar surface area (TPSA) is 65.1 Å². The highest BCUT2D eigenvalue weighted by Gasteiger charge is 2.34. The van der Waals surface area contributed by atoms with Crippen LogP contribution < -0.4 is 5.32 Å². The van der Waals surface area contributed by atoms with Gasteiger partial charge in [0.1, 0.15) is 5.60 Å². The first kappa shape index (κ1) is 31.7. The second-order valence-corrected chi connectivity index (χ2v) is 12.3. The first-order valence-electron chi connectivity index (χ1n) is 14.8. The van der Waals surface area contributed by atoms with E-state index in [0.717, 1.165) is 43.7 Å². The molecule has 0 saturated heterocycles. The van der Waals surface area contributed by atoms with E-state index in [0.29, 0.717) is 6.54 Å². The van der Waals surface area contributed by atoms with Crippen molar-refractivity contribution in [3.8, 4) is 0 Å². The predicted octanol–water partition coefficient (Wildman–Crippen LogP) is 6.17. The number of likely N-dealkylation sites (N-methyl/N-ethyl adjacent to an activating group) is 1.